The second-order valence-corrected chi connectivity index (χ2v) is 5.98. The van der Waals surface area contributed by atoms with Crippen molar-refractivity contribution in [3.8, 4) is 6.07 Å². The van der Waals surface area contributed by atoms with Crippen LogP contribution in [0.15, 0.2) is 42.5 Å². The number of carbonyl (C=O) groups excluding carboxylic acids is 2. The number of anilines is 1. The Hall–Kier alpha value is -2.88. The second-order valence-electron chi connectivity index (χ2n) is 5.55. The van der Waals surface area contributed by atoms with Crippen molar-refractivity contribution in [3.63, 3.8) is 0 Å². The number of ether oxygens (including phenoxy) is 1. The summed E-state index contributed by atoms with van der Waals surface area (Å²) >= 11 is 5.86. The van der Waals surface area contributed by atoms with Gasteiger partial charge >= 0.3 is 11.8 Å². The van der Waals surface area contributed by atoms with Crippen LogP contribution in [0.3, 0.4) is 0 Å². The Morgan fingerprint density at radius 2 is 1.96 bits per heavy atom. The van der Waals surface area contributed by atoms with Gasteiger partial charge in [-0.05, 0) is 36.2 Å². The number of carbonyl (C=O) groups is 2. The predicted molar refractivity (Wildman–Crippen MR) is 98.7 cm³/mol. The van der Waals surface area contributed by atoms with Gasteiger partial charge in [0.1, 0.15) is 6.07 Å². The van der Waals surface area contributed by atoms with Gasteiger partial charge in [-0.1, -0.05) is 35.9 Å². The molecule has 2 rings (SSSR count). The molecule has 2 N–H and O–H groups in total. The molecule has 6 nitrogen and oxygen atoms in total. The molecule has 134 valence electrons. The Labute approximate surface area is 156 Å². The monoisotopic (exact) mass is 371 g/mol. The lowest BCUT2D eigenvalue weighted by atomic mass is 10.0. The van der Waals surface area contributed by atoms with Crippen LogP contribution in [0, 0.1) is 18.3 Å². The third-order valence-electron chi connectivity index (χ3n) is 3.82. The fraction of sp³-hybridized carbons (Fsp3) is 0.211. The van der Waals surface area contributed by atoms with Crippen molar-refractivity contribution >= 4 is 29.1 Å². The molecule has 0 fully saturated rings. The molecule has 0 radical (unpaired) electrons. The Morgan fingerprint density at radius 3 is 2.62 bits per heavy atom. The summed E-state index contributed by atoms with van der Waals surface area (Å²) < 4.78 is 5.41. The largest absolute Gasteiger partial charge is 0.375 e. The molecule has 2 amide bonds. The highest BCUT2D eigenvalue weighted by Crippen LogP contribution is 2.21. The van der Waals surface area contributed by atoms with Crippen LogP contribution >= 0.6 is 11.6 Å². The molecule has 0 spiro atoms. The molecule has 1 unspecified atom stereocenters. The van der Waals surface area contributed by atoms with Gasteiger partial charge in [0, 0.05) is 18.7 Å². The van der Waals surface area contributed by atoms with Crippen LogP contribution in [-0.4, -0.2) is 25.5 Å². The number of rotatable bonds is 5. The standard InChI is InChI=1S/C19H18ClN3O3/c1-12-5-3-4-6-15(12)17(26-2)11-22-18(24)19(25)23-16-9-14(20)8-7-13(16)10-21/h3-9,17H,11H2,1-2H3,(H,22,24)(H,23,25). The predicted octanol–water partition coefficient (Wildman–Crippen LogP) is 2.96. The fourth-order valence-electron chi connectivity index (χ4n) is 2.43. The van der Waals surface area contributed by atoms with Gasteiger partial charge in [0.2, 0.25) is 0 Å². The van der Waals surface area contributed by atoms with E-state index < -0.39 is 11.8 Å². The molecule has 0 saturated carbocycles. The molecule has 26 heavy (non-hydrogen) atoms. The normalized spacial score (nSPS) is 11.3. The van der Waals surface area contributed by atoms with E-state index in [0.717, 1.165) is 11.1 Å². The third kappa shape index (κ3) is 4.82. The molecule has 0 aliphatic carbocycles. The van der Waals surface area contributed by atoms with E-state index >= 15 is 0 Å². The highest BCUT2D eigenvalue weighted by molar-refractivity contribution is 6.40. The van der Waals surface area contributed by atoms with E-state index in [9.17, 15) is 9.59 Å². The minimum absolute atomic E-state index is 0.133. The summed E-state index contributed by atoms with van der Waals surface area (Å²) in [4.78, 5) is 24.2. The van der Waals surface area contributed by atoms with Crippen molar-refractivity contribution in [2.45, 2.75) is 13.0 Å². The number of nitrogens with zero attached hydrogens (tertiary/aromatic N) is 1. The minimum atomic E-state index is -0.886. The molecule has 1 atom stereocenters. The number of amides is 2. The van der Waals surface area contributed by atoms with E-state index in [4.69, 9.17) is 21.6 Å². The van der Waals surface area contributed by atoms with Gasteiger partial charge < -0.3 is 15.4 Å². The molecule has 0 aliphatic heterocycles. The van der Waals surface area contributed by atoms with Crippen LogP contribution in [-0.2, 0) is 14.3 Å². The number of hydrogen-bond acceptors (Lipinski definition) is 4. The van der Waals surface area contributed by atoms with E-state index in [1.54, 1.807) is 0 Å². The maximum atomic E-state index is 12.1. The van der Waals surface area contributed by atoms with Gasteiger partial charge in [0.25, 0.3) is 0 Å². The quantitative estimate of drug-likeness (QED) is 0.790. The van der Waals surface area contributed by atoms with Crippen LogP contribution < -0.4 is 10.6 Å². The molecule has 0 saturated heterocycles. The Morgan fingerprint density at radius 1 is 1.23 bits per heavy atom. The zero-order valence-corrected chi connectivity index (χ0v) is 15.1. The van der Waals surface area contributed by atoms with Gasteiger partial charge in [0.15, 0.2) is 0 Å². The average Bonchev–Trinajstić information content (AvgIpc) is 2.63. The SMILES string of the molecule is COC(CNC(=O)C(=O)Nc1cc(Cl)ccc1C#N)c1ccccc1C. The van der Waals surface area contributed by atoms with Crippen molar-refractivity contribution in [1.29, 1.82) is 5.26 Å². The van der Waals surface area contributed by atoms with Gasteiger partial charge in [-0.15, -0.1) is 0 Å². The fourth-order valence-corrected chi connectivity index (χ4v) is 2.60. The third-order valence-corrected chi connectivity index (χ3v) is 4.06. The summed E-state index contributed by atoms with van der Waals surface area (Å²) in [6.07, 6.45) is -0.381. The number of aryl methyl sites for hydroxylation is 1. The van der Waals surface area contributed by atoms with Crippen molar-refractivity contribution < 1.29 is 14.3 Å². The summed E-state index contributed by atoms with van der Waals surface area (Å²) in [6.45, 7) is 2.08. The summed E-state index contributed by atoms with van der Waals surface area (Å²) in [5.41, 5.74) is 2.35. The lowest BCUT2D eigenvalue weighted by Crippen LogP contribution is -2.38. The lowest BCUT2D eigenvalue weighted by Gasteiger charge is -2.18. The van der Waals surface area contributed by atoms with Crippen LogP contribution in [0.4, 0.5) is 5.69 Å². The lowest BCUT2D eigenvalue weighted by molar-refractivity contribution is -0.136. The number of methoxy groups -OCH3 is 1. The summed E-state index contributed by atoms with van der Waals surface area (Å²) in [7, 11) is 1.54. The topological polar surface area (TPSA) is 91.2 Å². The maximum absolute atomic E-state index is 12.1. The molecule has 0 aromatic heterocycles. The van der Waals surface area contributed by atoms with E-state index in [1.807, 2.05) is 37.3 Å². The highest BCUT2D eigenvalue weighted by Gasteiger charge is 2.19. The van der Waals surface area contributed by atoms with Crippen molar-refractivity contribution in [2.24, 2.45) is 0 Å². The van der Waals surface area contributed by atoms with Crippen molar-refractivity contribution in [1.82, 2.24) is 5.32 Å². The number of halogens is 1. The van der Waals surface area contributed by atoms with E-state index in [0.29, 0.717) is 5.02 Å². The summed E-state index contributed by atoms with van der Waals surface area (Å²) in [5.74, 6) is -1.71. The molecule has 0 aliphatic rings. The van der Waals surface area contributed by atoms with Gasteiger partial charge in [-0.3, -0.25) is 9.59 Å². The Kier molecular flexibility index (Phi) is 6.73. The molecule has 7 heteroatoms. The number of nitriles is 1. The molecular formula is C19H18ClN3O3. The first-order chi connectivity index (χ1) is 12.5. The summed E-state index contributed by atoms with van der Waals surface area (Å²) in [5, 5.41) is 14.3. The molecule has 2 aromatic carbocycles. The van der Waals surface area contributed by atoms with Crippen LogP contribution in [0.1, 0.15) is 22.8 Å². The Balaban J connectivity index is 2.01. The number of nitrogens with one attached hydrogen (secondary N) is 2. The van der Waals surface area contributed by atoms with Crippen LogP contribution in [0.2, 0.25) is 5.02 Å². The number of benzene rings is 2. The first kappa shape index (κ1) is 19.4. The minimum Gasteiger partial charge on any atom is -0.375 e. The summed E-state index contributed by atoms with van der Waals surface area (Å²) in [6, 6.07) is 14.0. The first-order valence-electron chi connectivity index (χ1n) is 7.83. The van der Waals surface area contributed by atoms with Gasteiger partial charge in [-0.2, -0.15) is 5.26 Å². The molecule has 0 heterocycles. The van der Waals surface area contributed by atoms with Crippen molar-refractivity contribution in [2.75, 3.05) is 19.0 Å². The second kappa shape index (κ2) is 8.99. The smallest absolute Gasteiger partial charge is 0.313 e. The highest BCUT2D eigenvalue weighted by atomic mass is 35.5. The van der Waals surface area contributed by atoms with E-state index in [2.05, 4.69) is 10.6 Å². The Bertz CT molecular complexity index is 861. The van der Waals surface area contributed by atoms with E-state index in [1.165, 1.54) is 25.3 Å². The molecule has 0 bridgehead atoms. The zero-order chi connectivity index (χ0) is 19.1. The average molecular weight is 372 g/mol. The molecular weight excluding hydrogens is 354 g/mol. The van der Waals surface area contributed by atoms with Crippen LogP contribution in [0.25, 0.3) is 0 Å². The van der Waals surface area contributed by atoms with Gasteiger partial charge in [0.05, 0.1) is 17.4 Å². The van der Waals surface area contributed by atoms with E-state index in [-0.39, 0.29) is 23.9 Å². The van der Waals surface area contributed by atoms with Crippen molar-refractivity contribution in [3.05, 3.63) is 64.2 Å². The van der Waals surface area contributed by atoms with Gasteiger partial charge in [-0.25, -0.2) is 0 Å². The number of hydrogen-bond donors (Lipinski definition) is 2. The van der Waals surface area contributed by atoms with Crippen LogP contribution in [0.5, 0.6) is 0 Å². The molecule has 2 aromatic rings. The zero-order valence-electron chi connectivity index (χ0n) is 14.4. The first-order valence-corrected chi connectivity index (χ1v) is 8.21. The maximum Gasteiger partial charge on any atom is 0.313 e.